The van der Waals surface area contributed by atoms with Crippen LogP contribution in [0.2, 0.25) is 0 Å². The molecule has 3 rings (SSSR count). The zero-order chi connectivity index (χ0) is 19.4. The van der Waals surface area contributed by atoms with Crippen LogP contribution in [0.15, 0.2) is 30.3 Å². The number of ether oxygens (including phenoxy) is 1. The molecule has 0 bridgehead atoms. The van der Waals surface area contributed by atoms with Gasteiger partial charge >= 0.3 is 0 Å². The van der Waals surface area contributed by atoms with E-state index >= 15 is 0 Å². The van der Waals surface area contributed by atoms with Crippen molar-refractivity contribution in [2.75, 3.05) is 7.11 Å². The molecular weight excluding hydrogens is 349 g/mol. The largest absolute Gasteiger partial charge is 0.496 e. The minimum atomic E-state index is -1.45. The molecular formula is C23H27F3O. The maximum atomic E-state index is 13.7. The molecule has 1 aliphatic rings. The van der Waals surface area contributed by atoms with E-state index < -0.39 is 17.5 Å². The van der Waals surface area contributed by atoms with E-state index in [1.54, 1.807) is 0 Å². The van der Waals surface area contributed by atoms with Crippen LogP contribution in [0.25, 0.3) is 11.1 Å². The van der Waals surface area contributed by atoms with Crippen molar-refractivity contribution in [2.24, 2.45) is 5.92 Å². The summed E-state index contributed by atoms with van der Waals surface area (Å²) in [5.74, 6) is -2.02. The van der Waals surface area contributed by atoms with Gasteiger partial charge in [-0.05, 0) is 72.9 Å². The predicted octanol–water partition coefficient (Wildman–Crippen LogP) is 7.24. The lowest BCUT2D eigenvalue weighted by Gasteiger charge is -2.29. The summed E-state index contributed by atoms with van der Waals surface area (Å²) in [5.41, 5.74) is 2.05. The highest BCUT2D eigenvalue weighted by Crippen LogP contribution is 2.41. The number of unbranched alkanes of at least 4 members (excludes halogenated alkanes) is 1. The topological polar surface area (TPSA) is 9.23 Å². The molecule has 0 radical (unpaired) electrons. The van der Waals surface area contributed by atoms with Crippen LogP contribution in [0.3, 0.4) is 0 Å². The fraction of sp³-hybridized carbons (Fsp3) is 0.478. The zero-order valence-electron chi connectivity index (χ0n) is 16.0. The molecule has 0 heterocycles. The van der Waals surface area contributed by atoms with Crippen LogP contribution in [0, 0.1) is 23.4 Å². The Hall–Kier alpha value is -1.97. The van der Waals surface area contributed by atoms with Gasteiger partial charge in [0.2, 0.25) is 0 Å². The molecule has 0 N–H and O–H groups in total. The second kappa shape index (κ2) is 8.81. The van der Waals surface area contributed by atoms with Crippen molar-refractivity contribution in [3.63, 3.8) is 0 Å². The van der Waals surface area contributed by atoms with Gasteiger partial charge in [0.1, 0.15) is 5.75 Å². The number of hydrogen-bond donors (Lipinski definition) is 0. The molecule has 0 aliphatic heterocycles. The Balaban J connectivity index is 1.85. The first-order chi connectivity index (χ1) is 13.0. The summed E-state index contributed by atoms with van der Waals surface area (Å²) in [6.45, 7) is 2.23. The molecule has 0 atom stereocenters. The molecule has 2 aromatic carbocycles. The third-order valence-electron chi connectivity index (χ3n) is 5.80. The lowest BCUT2D eigenvalue weighted by Crippen LogP contribution is -2.13. The molecule has 1 fully saturated rings. The van der Waals surface area contributed by atoms with E-state index in [1.807, 2.05) is 18.2 Å². The van der Waals surface area contributed by atoms with Crippen molar-refractivity contribution in [3.05, 3.63) is 53.3 Å². The standard InChI is InChI=1S/C23H27F3O/c1-3-4-5-15-6-8-16(9-7-15)17-10-11-22(27-2)19(12-17)18-13-20(24)23(26)21(25)14-18/h10-16H,3-9H2,1-2H3. The first-order valence-electron chi connectivity index (χ1n) is 9.86. The average Bonchev–Trinajstić information content (AvgIpc) is 2.70. The molecule has 27 heavy (non-hydrogen) atoms. The summed E-state index contributed by atoms with van der Waals surface area (Å²) < 4.78 is 46.1. The van der Waals surface area contributed by atoms with Crippen molar-refractivity contribution in [2.45, 2.75) is 57.8 Å². The molecule has 0 unspecified atom stereocenters. The highest BCUT2D eigenvalue weighted by molar-refractivity contribution is 5.71. The summed E-state index contributed by atoms with van der Waals surface area (Å²) in [6, 6.07) is 7.88. The highest BCUT2D eigenvalue weighted by atomic mass is 19.2. The Bertz CT molecular complexity index is 756. The quantitative estimate of drug-likeness (QED) is 0.483. The Morgan fingerprint density at radius 3 is 2.22 bits per heavy atom. The molecule has 0 aromatic heterocycles. The van der Waals surface area contributed by atoms with Crippen molar-refractivity contribution < 1.29 is 17.9 Å². The van der Waals surface area contributed by atoms with Crippen molar-refractivity contribution in [1.82, 2.24) is 0 Å². The van der Waals surface area contributed by atoms with Gasteiger partial charge in [0.05, 0.1) is 7.11 Å². The molecule has 1 aliphatic carbocycles. The van der Waals surface area contributed by atoms with Gasteiger partial charge < -0.3 is 4.74 Å². The van der Waals surface area contributed by atoms with Gasteiger partial charge in [-0.2, -0.15) is 0 Å². The first kappa shape index (κ1) is 19.8. The Kier molecular flexibility index (Phi) is 6.46. The molecule has 0 spiro atoms. The lowest BCUT2D eigenvalue weighted by atomic mass is 9.76. The molecule has 2 aromatic rings. The monoisotopic (exact) mass is 376 g/mol. The first-order valence-corrected chi connectivity index (χ1v) is 9.86. The second-order valence-corrected chi connectivity index (χ2v) is 7.57. The van der Waals surface area contributed by atoms with E-state index in [9.17, 15) is 13.2 Å². The van der Waals surface area contributed by atoms with Gasteiger partial charge in [0.25, 0.3) is 0 Å². The normalized spacial score (nSPS) is 19.9. The van der Waals surface area contributed by atoms with Crippen molar-refractivity contribution >= 4 is 0 Å². The molecule has 0 saturated heterocycles. The summed E-state index contributed by atoms with van der Waals surface area (Å²) in [5, 5.41) is 0. The predicted molar refractivity (Wildman–Crippen MR) is 103 cm³/mol. The summed E-state index contributed by atoms with van der Waals surface area (Å²) in [4.78, 5) is 0. The zero-order valence-corrected chi connectivity index (χ0v) is 16.0. The van der Waals surface area contributed by atoms with Gasteiger partial charge in [-0.1, -0.05) is 32.3 Å². The van der Waals surface area contributed by atoms with E-state index in [0.29, 0.717) is 22.8 Å². The summed E-state index contributed by atoms with van der Waals surface area (Å²) in [7, 11) is 1.52. The minimum Gasteiger partial charge on any atom is -0.496 e. The fourth-order valence-electron chi connectivity index (χ4n) is 4.19. The molecule has 1 nitrogen and oxygen atoms in total. The van der Waals surface area contributed by atoms with E-state index in [4.69, 9.17) is 4.74 Å². The number of hydrogen-bond acceptors (Lipinski definition) is 1. The Morgan fingerprint density at radius 1 is 0.963 bits per heavy atom. The van der Waals surface area contributed by atoms with E-state index in [1.165, 1.54) is 39.2 Å². The van der Waals surface area contributed by atoms with Gasteiger partial charge in [0.15, 0.2) is 17.5 Å². The van der Waals surface area contributed by atoms with Crippen molar-refractivity contribution in [3.8, 4) is 16.9 Å². The van der Waals surface area contributed by atoms with Crippen LogP contribution in [0.5, 0.6) is 5.75 Å². The summed E-state index contributed by atoms with van der Waals surface area (Å²) >= 11 is 0. The van der Waals surface area contributed by atoms with Gasteiger partial charge in [-0.3, -0.25) is 0 Å². The van der Waals surface area contributed by atoms with Crippen LogP contribution in [0.1, 0.15) is 63.4 Å². The van der Waals surface area contributed by atoms with Gasteiger partial charge in [-0.15, -0.1) is 0 Å². The van der Waals surface area contributed by atoms with Gasteiger partial charge in [-0.25, -0.2) is 13.2 Å². The molecule has 1 saturated carbocycles. The van der Waals surface area contributed by atoms with E-state index in [0.717, 1.165) is 36.5 Å². The summed E-state index contributed by atoms with van der Waals surface area (Å²) in [6.07, 6.45) is 8.57. The maximum Gasteiger partial charge on any atom is 0.194 e. The second-order valence-electron chi connectivity index (χ2n) is 7.57. The Morgan fingerprint density at radius 2 is 1.63 bits per heavy atom. The number of halogens is 3. The third-order valence-corrected chi connectivity index (χ3v) is 5.80. The van der Waals surface area contributed by atoms with Crippen LogP contribution in [-0.2, 0) is 0 Å². The molecule has 0 amide bonds. The third kappa shape index (κ3) is 4.48. The number of rotatable bonds is 6. The Labute approximate surface area is 159 Å². The van der Waals surface area contributed by atoms with Crippen LogP contribution in [-0.4, -0.2) is 7.11 Å². The average molecular weight is 376 g/mol. The van der Waals surface area contributed by atoms with E-state index in [-0.39, 0.29) is 0 Å². The van der Waals surface area contributed by atoms with Crippen LogP contribution >= 0.6 is 0 Å². The smallest absolute Gasteiger partial charge is 0.194 e. The molecule has 146 valence electrons. The van der Waals surface area contributed by atoms with Gasteiger partial charge in [0, 0.05) is 5.56 Å². The molecule has 4 heteroatoms. The highest BCUT2D eigenvalue weighted by Gasteiger charge is 2.23. The minimum absolute atomic E-state index is 0.293. The van der Waals surface area contributed by atoms with Crippen molar-refractivity contribution in [1.29, 1.82) is 0 Å². The number of methoxy groups -OCH3 is 1. The fourth-order valence-corrected chi connectivity index (χ4v) is 4.19. The van der Waals surface area contributed by atoms with E-state index in [2.05, 4.69) is 6.92 Å². The van der Waals surface area contributed by atoms with Crippen LogP contribution in [0.4, 0.5) is 13.2 Å². The number of benzene rings is 2. The SMILES string of the molecule is CCCCC1CCC(c2ccc(OC)c(-c3cc(F)c(F)c(F)c3)c2)CC1. The lowest BCUT2D eigenvalue weighted by molar-refractivity contribution is 0.304. The maximum absolute atomic E-state index is 13.7. The van der Waals surface area contributed by atoms with Crippen LogP contribution < -0.4 is 4.74 Å².